The Morgan fingerprint density at radius 2 is 2.14 bits per heavy atom. The highest BCUT2D eigenvalue weighted by Crippen LogP contribution is 2.26. The Bertz CT molecular complexity index is 357. The zero-order valence-electron chi connectivity index (χ0n) is 7.62. The third kappa shape index (κ3) is 2.31. The summed E-state index contributed by atoms with van der Waals surface area (Å²) in [6.45, 7) is 0. The lowest BCUT2D eigenvalue weighted by atomic mass is 10.3. The molecule has 0 N–H and O–H groups in total. The summed E-state index contributed by atoms with van der Waals surface area (Å²) in [7, 11) is 2.97. The van der Waals surface area contributed by atoms with Gasteiger partial charge >= 0.3 is 0 Å². The van der Waals surface area contributed by atoms with Gasteiger partial charge in [0.2, 0.25) is 0 Å². The molecular formula is C8H8Br2N2O2. The molecule has 0 atom stereocenters. The molecule has 4 nitrogen and oxygen atoms in total. The first-order chi connectivity index (χ1) is 6.57. The van der Waals surface area contributed by atoms with E-state index in [2.05, 4.69) is 36.8 Å². The molecule has 0 aliphatic heterocycles. The SMILES string of the molecule is CON(C)C(=O)c1cncc(Br)c1Br. The number of nitrogens with zero attached hydrogens (tertiary/aromatic N) is 2. The molecule has 0 saturated carbocycles. The molecule has 0 unspecified atom stereocenters. The van der Waals surface area contributed by atoms with Gasteiger partial charge in [-0.05, 0) is 31.9 Å². The predicted octanol–water partition coefficient (Wildman–Crippen LogP) is 2.24. The highest BCUT2D eigenvalue weighted by atomic mass is 79.9. The van der Waals surface area contributed by atoms with Gasteiger partial charge in [-0.2, -0.15) is 0 Å². The number of pyridine rings is 1. The Hall–Kier alpha value is -0.460. The standard InChI is InChI=1S/C8H8Br2N2O2/c1-12(14-2)8(13)5-3-11-4-6(9)7(5)10/h3-4H,1-2H3. The maximum Gasteiger partial charge on any atom is 0.279 e. The van der Waals surface area contributed by atoms with Crippen molar-refractivity contribution >= 4 is 37.8 Å². The minimum absolute atomic E-state index is 0.256. The number of hydrogen-bond donors (Lipinski definition) is 0. The molecule has 6 heteroatoms. The summed E-state index contributed by atoms with van der Waals surface area (Å²) in [5.74, 6) is -0.256. The van der Waals surface area contributed by atoms with Crippen LogP contribution in [0.3, 0.4) is 0 Å². The summed E-state index contributed by atoms with van der Waals surface area (Å²) < 4.78 is 1.40. The number of carbonyl (C=O) groups is 1. The van der Waals surface area contributed by atoms with Crippen molar-refractivity contribution in [1.29, 1.82) is 0 Å². The molecule has 1 rings (SSSR count). The molecule has 76 valence electrons. The summed E-state index contributed by atoms with van der Waals surface area (Å²) >= 11 is 6.55. The fourth-order valence-electron chi connectivity index (χ4n) is 0.821. The maximum atomic E-state index is 11.7. The lowest BCUT2D eigenvalue weighted by Gasteiger charge is -2.14. The van der Waals surface area contributed by atoms with Gasteiger partial charge in [-0.25, -0.2) is 5.06 Å². The van der Waals surface area contributed by atoms with Crippen LogP contribution in [-0.4, -0.2) is 30.1 Å². The van der Waals surface area contributed by atoms with Gasteiger partial charge in [-0.1, -0.05) is 0 Å². The molecule has 1 amide bonds. The number of amides is 1. The lowest BCUT2D eigenvalue weighted by Crippen LogP contribution is -2.25. The third-order valence-corrected chi connectivity index (χ3v) is 3.62. The predicted molar refractivity (Wildman–Crippen MR) is 58.7 cm³/mol. The first-order valence-corrected chi connectivity index (χ1v) is 5.27. The first kappa shape index (κ1) is 11.6. The second-order valence-electron chi connectivity index (χ2n) is 2.47. The molecule has 1 aromatic rings. The smallest absolute Gasteiger partial charge is 0.274 e. The van der Waals surface area contributed by atoms with E-state index in [1.165, 1.54) is 20.4 Å². The van der Waals surface area contributed by atoms with E-state index in [1.807, 2.05) is 0 Å². The summed E-state index contributed by atoms with van der Waals surface area (Å²) in [4.78, 5) is 20.3. The van der Waals surface area contributed by atoms with Crippen LogP contribution < -0.4 is 0 Å². The van der Waals surface area contributed by atoms with Crippen LogP contribution in [0.2, 0.25) is 0 Å². The van der Waals surface area contributed by atoms with Crippen molar-refractivity contribution in [2.75, 3.05) is 14.2 Å². The van der Waals surface area contributed by atoms with Gasteiger partial charge in [0.15, 0.2) is 0 Å². The van der Waals surface area contributed by atoms with Crippen LogP contribution in [0.5, 0.6) is 0 Å². The van der Waals surface area contributed by atoms with Crippen LogP contribution in [0.4, 0.5) is 0 Å². The Labute approximate surface area is 98.5 Å². The second kappa shape index (κ2) is 4.86. The van der Waals surface area contributed by atoms with Crippen molar-refractivity contribution in [3.63, 3.8) is 0 Å². The van der Waals surface area contributed by atoms with Gasteiger partial charge in [0, 0.05) is 23.9 Å². The number of aromatic nitrogens is 1. The lowest BCUT2D eigenvalue weighted by molar-refractivity contribution is -0.0757. The highest BCUT2D eigenvalue weighted by molar-refractivity contribution is 9.13. The fraction of sp³-hybridized carbons (Fsp3) is 0.250. The summed E-state index contributed by atoms with van der Waals surface area (Å²) in [5, 5.41) is 1.13. The minimum Gasteiger partial charge on any atom is -0.274 e. The van der Waals surface area contributed by atoms with Gasteiger partial charge in [0.25, 0.3) is 5.91 Å². The van der Waals surface area contributed by atoms with E-state index in [0.717, 1.165) is 9.54 Å². The molecule has 0 fully saturated rings. The van der Waals surface area contributed by atoms with Crippen LogP contribution in [0.1, 0.15) is 10.4 Å². The Kier molecular flexibility index (Phi) is 4.03. The van der Waals surface area contributed by atoms with Crippen LogP contribution in [0.15, 0.2) is 21.3 Å². The number of rotatable bonds is 2. The summed E-state index contributed by atoms with van der Waals surface area (Å²) in [6.07, 6.45) is 3.08. The average molecular weight is 324 g/mol. The molecule has 0 bridgehead atoms. The van der Waals surface area contributed by atoms with Gasteiger partial charge in [-0.3, -0.25) is 14.6 Å². The molecular weight excluding hydrogens is 316 g/mol. The molecule has 0 saturated heterocycles. The topological polar surface area (TPSA) is 42.4 Å². The molecule has 0 radical (unpaired) electrons. The first-order valence-electron chi connectivity index (χ1n) is 3.69. The van der Waals surface area contributed by atoms with Gasteiger partial charge < -0.3 is 0 Å². The van der Waals surface area contributed by atoms with Crippen molar-refractivity contribution in [3.05, 3.63) is 26.9 Å². The zero-order valence-corrected chi connectivity index (χ0v) is 10.8. The molecule has 14 heavy (non-hydrogen) atoms. The summed E-state index contributed by atoms with van der Waals surface area (Å²) in [6, 6.07) is 0. The van der Waals surface area contributed by atoms with E-state index < -0.39 is 0 Å². The van der Waals surface area contributed by atoms with E-state index in [4.69, 9.17) is 4.84 Å². The average Bonchev–Trinajstić information content (AvgIpc) is 2.20. The quantitative estimate of drug-likeness (QED) is 0.784. The monoisotopic (exact) mass is 322 g/mol. The van der Waals surface area contributed by atoms with E-state index in [9.17, 15) is 4.79 Å². The van der Waals surface area contributed by atoms with Crippen molar-refractivity contribution in [2.24, 2.45) is 0 Å². The van der Waals surface area contributed by atoms with Gasteiger partial charge in [0.05, 0.1) is 17.1 Å². The molecule has 0 spiro atoms. The van der Waals surface area contributed by atoms with Crippen LogP contribution >= 0.6 is 31.9 Å². The third-order valence-electron chi connectivity index (χ3n) is 1.63. The van der Waals surface area contributed by atoms with Crippen LogP contribution in [0, 0.1) is 0 Å². The zero-order chi connectivity index (χ0) is 10.7. The number of hydroxylamine groups is 2. The van der Waals surface area contributed by atoms with Crippen molar-refractivity contribution in [3.8, 4) is 0 Å². The molecule has 1 heterocycles. The van der Waals surface area contributed by atoms with Crippen molar-refractivity contribution in [2.45, 2.75) is 0 Å². The summed E-state index contributed by atoms with van der Waals surface area (Å²) in [5.41, 5.74) is 0.448. The maximum absolute atomic E-state index is 11.7. The molecule has 1 aromatic heterocycles. The Balaban J connectivity index is 3.07. The van der Waals surface area contributed by atoms with Gasteiger partial charge in [-0.15, -0.1) is 0 Å². The van der Waals surface area contributed by atoms with Crippen molar-refractivity contribution < 1.29 is 9.63 Å². The largest absolute Gasteiger partial charge is 0.279 e. The molecule has 0 aromatic carbocycles. The van der Waals surface area contributed by atoms with E-state index >= 15 is 0 Å². The minimum atomic E-state index is -0.256. The molecule has 0 aliphatic carbocycles. The number of halogens is 2. The van der Waals surface area contributed by atoms with E-state index in [0.29, 0.717) is 10.0 Å². The van der Waals surface area contributed by atoms with E-state index in [-0.39, 0.29) is 5.91 Å². The fourth-order valence-corrected chi connectivity index (χ4v) is 1.53. The normalized spacial score (nSPS) is 10.0. The number of carbonyl (C=O) groups excluding carboxylic acids is 1. The number of hydrogen-bond acceptors (Lipinski definition) is 3. The van der Waals surface area contributed by atoms with Crippen molar-refractivity contribution in [1.82, 2.24) is 10.0 Å². The molecule has 0 aliphatic rings. The second-order valence-corrected chi connectivity index (χ2v) is 4.12. The van der Waals surface area contributed by atoms with Crippen LogP contribution in [-0.2, 0) is 4.84 Å². The highest BCUT2D eigenvalue weighted by Gasteiger charge is 2.16. The Morgan fingerprint density at radius 3 is 2.71 bits per heavy atom. The van der Waals surface area contributed by atoms with Gasteiger partial charge in [0.1, 0.15) is 0 Å². The van der Waals surface area contributed by atoms with E-state index in [1.54, 1.807) is 6.20 Å². The Morgan fingerprint density at radius 1 is 1.50 bits per heavy atom. The van der Waals surface area contributed by atoms with Crippen LogP contribution in [0.25, 0.3) is 0 Å².